The molecule has 8 heteroatoms. The molecule has 3 heterocycles. The third-order valence-corrected chi connectivity index (χ3v) is 7.08. The summed E-state index contributed by atoms with van der Waals surface area (Å²) in [6.07, 6.45) is 3.32. The molecule has 0 atom stereocenters. The summed E-state index contributed by atoms with van der Waals surface area (Å²) in [4.78, 5) is 27.5. The van der Waals surface area contributed by atoms with Crippen molar-refractivity contribution in [1.29, 1.82) is 0 Å². The smallest absolute Gasteiger partial charge is 0.253 e. The molecule has 196 valence electrons. The summed E-state index contributed by atoms with van der Waals surface area (Å²) in [5.41, 5.74) is 3.56. The topological polar surface area (TPSA) is 76.4 Å². The van der Waals surface area contributed by atoms with Crippen molar-refractivity contribution in [3.8, 4) is 11.4 Å². The van der Waals surface area contributed by atoms with Crippen molar-refractivity contribution in [2.45, 2.75) is 12.8 Å². The molecule has 0 spiro atoms. The standard InChI is InChI=1S/C31H30N6O2/c1-39-26-15-13-24(14-16-26)31(38)36-18-8-17-35(19-20-36)29-27-22-32-37(25-11-6-3-7-12-25)30(27)34-28(33-29)21-23-9-4-2-5-10-23/h2-7,9-16,22H,8,17-21H2,1H3. The van der Waals surface area contributed by atoms with Gasteiger partial charge in [0.05, 0.1) is 24.4 Å². The first-order valence-electron chi connectivity index (χ1n) is 13.2. The lowest BCUT2D eigenvalue weighted by molar-refractivity contribution is 0.0767. The second-order valence-corrected chi connectivity index (χ2v) is 9.62. The zero-order chi connectivity index (χ0) is 26.6. The van der Waals surface area contributed by atoms with Crippen LogP contribution in [0.3, 0.4) is 0 Å². The number of fused-ring (bicyclic) bond motifs is 1. The predicted octanol–water partition coefficient (Wildman–Crippen LogP) is 4.77. The minimum Gasteiger partial charge on any atom is -0.497 e. The van der Waals surface area contributed by atoms with Crippen LogP contribution in [0, 0.1) is 0 Å². The number of aromatic nitrogens is 4. The molecule has 0 saturated carbocycles. The first-order chi connectivity index (χ1) is 19.2. The van der Waals surface area contributed by atoms with E-state index in [4.69, 9.17) is 19.8 Å². The third kappa shape index (κ3) is 5.18. The van der Waals surface area contributed by atoms with Gasteiger partial charge in [-0.2, -0.15) is 5.10 Å². The number of hydrogen-bond acceptors (Lipinski definition) is 6. The molecule has 5 aromatic rings. The van der Waals surface area contributed by atoms with E-state index >= 15 is 0 Å². The molecule has 0 bridgehead atoms. The number of ether oxygens (including phenoxy) is 1. The number of para-hydroxylation sites is 1. The van der Waals surface area contributed by atoms with E-state index in [9.17, 15) is 4.79 Å². The molecular weight excluding hydrogens is 488 g/mol. The van der Waals surface area contributed by atoms with Crippen LogP contribution in [0.2, 0.25) is 0 Å². The predicted molar refractivity (Wildman–Crippen MR) is 152 cm³/mol. The van der Waals surface area contributed by atoms with E-state index in [1.807, 2.05) is 88.6 Å². The number of rotatable bonds is 6. The minimum absolute atomic E-state index is 0.0361. The second-order valence-electron chi connectivity index (χ2n) is 9.62. The lowest BCUT2D eigenvalue weighted by Gasteiger charge is -2.24. The van der Waals surface area contributed by atoms with Gasteiger partial charge in [-0.1, -0.05) is 48.5 Å². The summed E-state index contributed by atoms with van der Waals surface area (Å²) in [7, 11) is 1.62. The van der Waals surface area contributed by atoms with Gasteiger partial charge in [-0.3, -0.25) is 4.79 Å². The maximum atomic E-state index is 13.3. The van der Waals surface area contributed by atoms with Crippen molar-refractivity contribution in [3.05, 3.63) is 108 Å². The Morgan fingerprint density at radius 3 is 2.33 bits per heavy atom. The number of amides is 1. The van der Waals surface area contributed by atoms with Crippen LogP contribution in [0.1, 0.15) is 28.2 Å². The van der Waals surface area contributed by atoms with Crippen LogP contribution in [0.25, 0.3) is 16.7 Å². The van der Waals surface area contributed by atoms with Crippen molar-refractivity contribution in [2.24, 2.45) is 0 Å². The molecule has 2 aromatic heterocycles. The number of nitrogens with zero attached hydrogens (tertiary/aromatic N) is 6. The van der Waals surface area contributed by atoms with Gasteiger partial charge in [0.25, 0.3) is 5.91 Å². The largest absolute Gasteiger partial charge is 0.497 e. The number of methoxy groups -OCH3 is 1. The molecule has 1 aliphatic rings. The third-order valence-electron chi connectivity index (χ3n) is 7.08. The summed E-state index contributed by atoms with van der Waals surface area (Å²) in [6, 6.07) is 27.6. The Balaban J connectivity index is 1.32. The van der Waals surface area contributed by atoms with Crippen LogP contribution in [0.15, 0.2) is 91.1 Å². The quantitative estimate of drug-likeness (QED) is 0.322. The highest BCUT2D eigenvalue weighted by Gasteiger charge is 2.24. The van der Waals surface area contributed by atoms with Crippen molar-refractivity contribution >= 4 is 22.8 Å². The highest BCUT2D eigenvalue weighted by atomic mass is 16.5. The molecular formula is C31H30N6O2. The minimum atomic E-state index is 0.0361. The molecule has 3 aromatic carbocycles. The van der Waals surface area contributed by atoms with E-state index in [1.165, 1.54) is 0 Å². The van der Waals surface area contributed by atoms with Crippen LogP contribution < -0.4 is 9.64 Å². The van der Waals surface area contributed by atoms with Gasteiger partial charge in [0.1, 0.15) is 17.4 Å². The summed E-state index contributed by atoms with van der Waals surface area (Å²) >= 11 is 0. The van der Waals surface area contributed by atoms with Gasteiger partial charge in [-0.05, 0) is 48.4 Å². The average molecular weight is 519 g/mol. The van der Waals surface area contributed by atoms with E-state index in [2.05, 4.69) is 17.0 Å². The fourth-order valence-corrected chi connectivity index (χ4v) is 5.04. The van der Waals surface area contributed by atoms with Gasteiger partial charge in [0, 0.05) is 38.2 Å². The zero-order valence-corrected chi connectivity index (χ0v) is 21.9. The highest BCUT2D eigenvalue weighted by Crippen LogP contribution is 2.28. The Hall–Kier alpha value is -4.72. The highest BCUT2D eigenvalue weighted by molar-refractivity contribution is 5.94. The molecule has 0 radical (unpaired) electrons. The maximum Gasteiger partial charge on any atom is 0.253 e. The Labute approximate surface area is 227 Å². The summed E-state index contributed by atoms with van der Waals surface area (Å²) in [6.45, 7) is 2.77. The average Bonchev–Trinajstić information content (AvgIpc) is 3.26. The molecule has 0 N–H and O–H groups in total. The van der Waals surface area contributed by atoms with Crippen molar-refractivity contribution in [2.75, 3.05) is 38.2 Å². The van der Waals surface area contributed by atoms with Gasteiger partial charge in [-0.25, -0.2) is 14.6 Å². The van der Waals surface area contributed by atoms with Crippen LogP contribution in [-0.2, 0) is 6.42 Å². The van der Waals surface area contributed by atoms with E-state index in [-0.39, 0.29) is 5.91 Å². The lowest BCUT2D eigenvalue weighted by atomic mass is 10.1. The lowest BCUT2D eigenvalue weighted by Crippen LogP contribution is -2.35. The Kier molecular flexibility index (Phi) is 6.91. The van der Waals surface area contributed by atoms with Crippen molar-refractivity contribution in [3.63, 3.8) is 0 Å². The van der Waals surface area contributed by atoms with Gasteiger partial charge in [-0.15, -0.1) is 0 Å². The second kappa shape index (κ2) is 10.9. The Morgan fingerprint density at radius 1 is 0.846 bits per heavy atom. The monoisotopic (exact) mass is 518 g/mol. The molecule has 1 amide bonds. The Bertz CT molecular complexity index is 1570. The Morgan fingerprint density at radius 2 is 1.59 bits per heavy atom. The van der Waals surface area contributed by atoms with E-state index in [1.54, 1.807) is 7.11 Å². The van der Waals surface area contributed by atoms with Gasteiger partial charge in [0.15, 0.2) is 5.65 Å². The number of hydrogen-bond donors (Lipinski definition) is 0. The number of carbonyl (C=O) groups excluding carboxylic acids is 1. The molecule has 0 unspecified atom stereocenters. The maximum absolute atomic E-state index is 13.3. The fraction of sp³-hybridized carbons (Fsp3) is 0.226. The zero-order valence-electron chi connectivity index (χ0n) is 21.9. The molecule has 1 aliphatic heterocycles. The van der Waals surface area contributed by atoms with Crippen LogP contribution in [0.4, 0.5) is 5.82 Å². The first-order valence-corrected chi connectivity index (χ1v) is 13.2. The van der Waals surface area contributed by atoms with Gasteiger partial charge in [0.2, 0.25) is 0 Å². The van der Waals surface area contributed by atoms with E-state index < -0.39 is 0 Å². The van der Waals surface area contributed by atoms with E-state index in [0.29, 0.717) is 31.6 Å². The number of benzene rings is 3. The normalized spacial score (nSPS) is 13.9. The summed E-state index contributed by atoms with van der Waals surface area (Å²) in [5.74, 6) is 2.39. The molecule has 0 aliphatic carbocycles. The van der Waals surface area contributed by atoms with Crippen LogP contribution in [-0.4, -0.2) is 63.8 Å². The van der Waals surface area contributed by atoms with E-state index in [0.717, 1.165) is 52.6 Å². The molecule has 6 rings (SSSR count). The van der Waals surface area contributed by atoms with Crippen molar-refractivity contribution < 1.29 is 9.53 Å². The molecule has 1 fully saturated rings. The summed E-state index contributed by atoms with van der Waals surface area (Å²) in [5, 5.41) is 5.61. The number of carbonyl (C=O) groups is 1. The number of anilines is 1. The van der Waals surface area contributed by atoms with Gasteiger partial charge >= 0.3 is 0 Å². The van der Waals surface area contributed by atoms with Gasteiger partial charge < -0.3 is 14.5 Å². The summed E-state index contributed by atoms with van der Waals surface area (Å²) < 4.78 is 7.12. The molecule has 39 heavy (non-hydrogen) atoms. The first kappa shape index (κ1) is 24.6. The van der Waals surface area contributed by atoms with Crippen LogP contribution >= 0.6 is 0 Å². The molecule has 1 saturated heterocycles. The molecule has 8 nitrogen and oxygen atoms in total. The fourth-order valence-electron chi connectivity index (χ4n) is 5.04. The van der Waals surface area contributed by atoms with Crippen molar-refractivity contribution in [1.82, 2.24) is 24.6 Å². The SMILES string of the molecule is COc1ccc(C(=O)N2CCCN(c3nc(Cc4ccccc4)nc4c3cnn4-c3ccccc3)CC2)cc1. The van der Waals surface area contributed by atoms with Crippen LogP contribution in [0.5, 0.6) is 5.75 Å².